The third-order valence-electron chi connectivity index (χ3n) is 8.22. The smallest absolute Gasteiger partial charge is 0.00987 e. The molecule has 0 heteroatoms. The van der Waals surface area contributed by atoms with Crippen LogP contribution in [0, 0.1) is 0 Å². The second kappa shape index (κ2) is 9.22. The molecule has 0 heterocycles. The Kier molecular flexibility index (Phi) is 5.24. The van der Waals surface area contributed by atoms with Crippen molar-refractivity contribution >= 4 is 43.1 Å². The lowest BCUT2D eigenvalue weighted by atomic mass is 9.93. The van der Waals surface area contributed by atoms with Crippen molar-refractivity contribution in [3.63, 3.8) is 0 Å². The summed E-state index contributed by atoms with van der Waals surface area (Å²) in [5.41, 5.74) is 7.43. The van der Waals surface area contributed by atoms with E-state index in [1.54, 1.807) is 0 Å². The normalized spacial score (nSPS) is 11.5. The lowest BCUT2D eigenvalue weighted by Crippen LogP contribution is -1.85. The van der Waals surface area contributed by atoms with Gasteiger partial charge < -0.3 is 0 Å². The van der Waals surface area contributed by atoms with Crippen molar-refractivity contribution in [3.05, 3.63) is 158 Å². The first kappa shape index (κ1) is 22.8. The van der Waals surface area contributed by atoms with E-state index in [1.165, 1.54) is 76.5 Å². The summed E-state index contributed by atoms with van der Waals surface area (Å²) in [4.78, 5) is 0. The summed E-state index contributed by atoms with van der Waals surface area (Å²) in [7, 11) is 0. The Morgan fingerprint density at radius 3 is 1.45 bits per heavy atom. The minimum Gasteiger partial charge on any atom is -0.0622 e. The number of benzene rings is 8. The molecule has 0 atom stereocenters. The van der Waals surface area contributed by atoms with Crippen LogP contribution in [0.4, 0.5) is 0 Å². The predicted molar refractivity (Wildman–Crippen MR) is 173 cm³/mol. The standard InChI is InChI=1S/C40H26/c1-2-7-27(8-3-1)31-10-6-11-32(23-31)33-16-13-28-14-17-34(25-36(28)24-33)35-18-15-30-20-21-38-37-12-5-4-9-29(37)19-22-39(38)40(30)26-35/h1-26H. The predicted octanol–water partition coefficient (Wildman–Crippen LogP) is 11.3. The number of hydrogen-bond acceptors (Lipinski definition) is 0. The topological polar surface area (TPSA) is 0 Å². The average molecular weight is 507 g/mol. The first-order valence-corrected chi connectivity index (χ1v) is 13.8. The number of rotatable bonds is 3. The zero-order valence-corrected chi connectivity index (χ0v) is 22.0. The van der Waals surface area contributed by atoms with Crippen LogP contribution in [0.1, 0.15) is 0 Å². The van der Waals surface area contributed by atoms with Crippen molar-refractivity contribution in [1.82, 2.24) is 0 Å². The number of hydrogen-bond donors (Lipinski definition) is 0. The second-order valence-corrected chi connectivity index (χ2v) is 10.6. The van der Waals surface area contributed by atoms with Gasteiger partial charge in [0.15, 0.2) is 0 Å². The van der Waals surface area contributed by atoms with Crippen LogP contribution < -0.4 is 0 Å². The van der Waals surface area contributed by atoms with Crippen LogP contribution in [0.25, 0.3) is 76.5 Å². The van der Waals surface area contributed by atoms with Gasteiger partial charge in [-0.25, -0.2) is 0 Å². The van der Waals surface area contributed by atoms with Crippen molar-refractivity contribution in [2.45, 2.75) is 0 Å². The molecule has 0 aliphatic carbocycles. The van der Waals surface area contributed by atoms with Crippen LogP contribution in [-0.4, -0.2) is 0 Å². The van der Waals surface area contributed by atoms with E-state index in [0.717, 1.165) is 0 Å². The zero-order chi connectivity index (χ0) is 26.5. The van der Waals surface area contributed by atoms with E-state index < -0.39 is 0 Å². The highest BCUT2D eigenvalue weighted by Crippen LogP contribution is 2.35. The molecule has 0 amide bonds. The van der Waals surface area contributed by atoms with Crippen LogP contribution in [0.5, 0.6) is 0 Å². The molecular weight excluding hydrogens is 480 g/mol. The fourth-order valence-electron chi connectivity index (χ4n) is 6.11. The minimum atomic E-state index is 1.23. The Morgan fingerprint density at radius 2 is 0.700 bits per heavy atom. The maximum atomic E-state index is 2.36. The van der Waals surface area contributed by atoms with Gasteiger partial charge in [0.2, 0.25) is 0 Å². The summed E-state index contributed by atoms with van der Waals surface area (Å²) < 4.78 is 0. The Balaban J connectivity index is 1.23. The monoisotopic (exact) mass is 506 g/mol. The highest BCUT2D eigenvalue weighted by atomic mass is 14.1. The molecule has 0 spiro atoms. The van der Waals surface area contributed by atoms with E-state index in [1.807, 2.05) is 0 Å². The van der Waals surface area contributed by atoms with Crippen LogP contribution in [-0.2, 0) is 0 Å². The van der Waals surface area contributed by atoms with Gasteiger partial charge in [-0.3, -0.25) is 0 Å². The Hall–Kier alpha value is -5.20. The SMILES string of the molecule is c1ccc(-c2cccc(-c3ccc4ccc(-c5ccc6ccc7c8ccccc8ccc7c6c5)cc4c3)c2)cc1. The molecule has 0 aromatic heterocycles. The summed E-state index contributed by atoms with van der Waals surface area (Å²) in [5.74, 6) is 0. The van der Waals surface area contributed by atoms with Crippen molar-refractivity contribution in [3.8, 4) is 33.4 Å². The average Bonchev–Trinajstić information content (AvgIpc) is 3.04. The summed E-state index contributed by atoms with van der Waals surface area (Å²) >= 11 is 0. The van der Waals surface area contributed by atoms with E-state index in [0.29, 0.717) is 0 Å². The van der Waals surface area contributed by atoms with Crippen LogP contribution in [0.2, 0.25) is 0 Å². The van der Waals surface area contributed by atoms with Crippen molar-refractivity contribution in [2.24, 2.45) is 0 Å². The van der Waals surface area contributed by atoms with Gasteiger partial charge in [0, 0.05) is 0 Å². The molecule has 0 aliphatic heterocycles. The molecule has 0 aliphatic rings. The molecule has 8 aromatic carbocycles. The van der Waals surface area contributed by atoms with Gasteiger partial charge in [-0.1, -0.05) is 133 Å². The third kappa shape index (κ3) is 3.85. The van der Waals surface area contributed by atoms with Gasteiger partial charge in [0.25, 0.3) is 0 Å². The van der Waals surface area contributed by atoms with Crippen LogP contribution in [0.15, 0.2) is 158 Å². The van der Waals surface area contributed by atoms with E-state index in [9.17, 15) is 0 Å². The highest BCUT2D eigenvalue weighted by molar-refractivity contribution is 6.17. The van der Waals surface area contributed by atoms with E-state index in [2.05, 4.69) is 158 Å². The van der Waals surface area contributed by atoms with Gasteiger partial charge in [-0.15, -0.1) is 0 Å². The molecule has 0 saturated heterocycles. The molecule has 0 bridgehead atoms. The lowest BCUT2D eigenvalue weighted by molar-refractivity contribution is 1.60. The van der Waals surface area contributed by atoms with E-state index in [4.69, 9.17) is 0 Å². The zero-order valence-electron chi connectivity index (χ0n) is 22.0. The molecule has 0 radical (unpaired) electrons. The third-order valence-corrected chi connectivity index (χ3v) is 8.22. The molecule has 40 heavy (non-hydrogen) atoms. The van der Waals surface area contributed by atoms with Gasteiger partial charge in [-0.05, 0) is 101 Å². The first-order chi connectivity index (χ1) is 19.8. The first-order valence-electron chi connectivity index (χ1n) is 13.8. The molecule has 8 aromatic rings. The van der Waals surface area contributed by atoms with E-state index in [-0.39, 0.29) is 0 Å². The maximum absolute atomic E-state index is 2.36. The summed E-state index contributed by atoms with van der Waals surface area (Å²) in [6, 6.07) is 57.6. The Morgan fingerprint density at radius 1 is 0.200 bits per heavy atom. The van der Waals surface area contributed by atoms with Gasteiger partial charge in [0.05, 0.1) is 0 Å². The highest BCUT2D eigenvalue weighted by Gasteiger charge is 2.08. The number of fused-ring (bicyclic) bond motifs is 6. The molecular formula is C40H26. The Bertz CT molecular complexity index is 2200. The lowest BCUT2D eigenvalue weighted by Gasteiger charge is -2.11. The molecule has 0 unspecified atom stereocenters. The quantitative estimate of drug-likeness (QED) is 0.209. The van der Waals surface area contributed by atoms with Gasteiger partial charge >= 0.3 is 0 Å². The summed E-state index contributed by atoms with van der Waals surface area (Å²) in [6.07, 6.45) is 0. The summed E-state index contributed by atoms with van der Waals surface area (Å²) in [6.45, 7) is 0. The van der Waals surface area contributed by atoms with Crippen LogP contribution >= 0.6 is 0 Å². The molecule has 0 N–H and O–H groups in total. The molecule has 0 saturated carbocycles. The molecule has 0 nitrogen and oxygen atoms in total. The summed E-state index contributed by atoms with van der Waals surface area (Å²) in [5, 5.41) is 10.3. The van der Waals surface area contributed by atoms with Gasteiger partial charge in [0.1, 0.15) is 0 Å². The van der Waals surface area contributed by atoms with Crippen molar-refractivity contribution in [1.29, 1.82) is 0 Å². The van der Waals surface area contributed by atoms with Crippen LogP contribution in [0.3, 0.4) is 0 Å². The maximum Gasteiger partial charge on any atom is -0.00987 e. The second-order valence-electron chi connectivity index (χ2n) is 10.6. The van der Waals surface area contributed by atoms with E-state index >= 15 is 0 Å². The van der Waals surface area contributed by atoms with Gasteiger partial charge in [-0.2, -0.15) is 0 Å². The van der Waals surface area contributed by atoms with Crippen molar-refractivity contribution < 1.29 is 0 Å². The molecule has 8 rings (SSSR count). The Labute approximate surface area is 233 Å². The molecule has 0 fully saturated rings. The fraction of sp³-hybridized carbons (Fsp3) is 0. The largest absolute Gasteiger partial charge is 0.0622 e. The van der Waals surface area contributed by atoms with Crippen molar-refractivity contribution in [2.75, 3.05) is 0 Å². The fourth-order valence-corrected chi connectivity index (χ4v) is 6.11. The molecule has 186 valence electrons. The minimum absolute atomic E-state index is 1.23.